The van der Waals surface area contributed by atoms with Crippen LogP contribution >= 0.6 is 0 Å². The number of benzene rings is 2. The van der Waals surface area contributed by atoms with Crippen molar-refractivity contribution in [3.63, 3.8) is 0 Å². The first-order valence-corrected chi connectivity index (χ1v) is 10.5. The van der Waals surface area contributed by atoms with E-state index in [1.54, 1.807) is 44.2 Å². The van der Waals surface area contributed by atoms with Crippen molar-refractivity contribution in [1.29, 1.82) is 0 Å². The molecule has 0 aliphatic heterocycles. The Balaban J connectivity index is 2.21. The zero-order valence-electron chi connectivity index (χ0n) is 16.2. The summed E-state index contributed by atoms with van der Waals surface area (Å²) in [6.45, 7) is 9.09. The SMILES string of the molecule is C=NC(=O)N(CCC)c1ccc(NS(=O)(=O)Cc2ccc(C)c(F)c2)cc1C. The van der Waals surface area contributed by atoms with Gasteiger partial charge in [0.15, 0.2) is 0 Å². The van der Waals surface area contributed by atoms with Gasteiger partial charge in [0.1, 0.15) is 5.82 Å². The molecule has 0 radical (unpaired) electrons. The van der Waals surface area contributed by atoms with E-state index in [1.807, 2.05) is 6.92 Å². The molecule has 0 aliphatic rings. The van der Waals surface area contributed by atoms with Crippen molar-refractivity contribution in [3.05, 3.63) is 58.9 Å². The summed E-state index contributed by atoms with van der Waals surface area (Å²) < 4.78 is 41.0. The number of nitrogens with one attached hydrogen (secondary N) is 1. The van der Waals surface area contributed by atoms with Crippen LogP contribution in [0.5, 0.6) is 0 Å². The van der Waals surface area contributed by atoms with Gasteiger partial charge in [-0.1, -0.05) is 19.1 Å². The van der Waals surface area contributed by atoms with Crippen LogP contribution in [-0.4, -0.2) is 27.7 Å². The Bertz CT molecular complexity index is 990. The highest BCUT2D eigenvalue weighted by molar-refractivity contribution is 7.91. The minimum absolute atomic E-state index is 0.341. The molecule has 0 aromatic heterocycles. The third-order valence-electron chi connectivity index (χ3n) is 4.17. The van der Waals surface area contributed by atoms with Crippen molar-refractivity contribution in [1.82, 2.24) is 0 Å². The van der Waals surface area contributed by atoms with Crippen molar-refractivity contribution in [2.24, 2.45) is 4.99 Å². The number of urea groups is 1. The average Bonchev–Trinajstić information content (AvgIpc) is 2.62. The Morgan fingerprint density at radius 2 is 1.89 bits per heavy atom. The molecule has 8 heteroatoms. The maximum Gasteiger partial charge on any atom is 0.347 e. The van der Waals surface area contributed by atoms with Gasteiger partial charge in [-0.3, -0.25) is 9.62 Å². The van der Waals surface area contributed by atoms with Crippen molar-refractivity contribution in [3.8, 4) is 0 Å². The highest BCUT2D eigenvalue weighted by atomic mass is 32.2. The summed E-state index contributed by atoms with van der Waals surface area (Å²) in [4.78, 5) is 16.9. The molecule has 0 fully saturated rings. The van der Waals surface area contributed by atoms with E-state index in [-0.39, 0.29) is 5.75 Å². The van der Waals surface area contributed by atoms with Gasteiger partial charge in [0.25, 0.3) is 0 Å². The van der Waals surface area contributed by atoms with Crippen LogP contribution in [0.1, 0.15) is 30.0 Å². The second-order valence-electron chi connectivity index (χ2n) is 6.54. The summed E-state index contributed by atoms with van der Waals surface area (Å²) in [7, 11) is -3.72. The van der Waals surface area contributed by atoms with Crippen LogP contribution in [0.4, 0.5) is 20.6 Å². The van der Waals surface area contributed by atoms with E-state index in [0.29, 0.717) is 34.6 Å². The lowest BCUT2D eigenvalue weighted by Crippen LogP contribution is -2.29. The number of carbonyl (C=O) groups excluding carboxylic acids is 1. The fraction of sp³-hybridized carbons (Fsp3) is 0.300. The lowest BCUT2D eigenvalue weighted by molar-refractivity contribution is 0.254. The molecule has 6 nitrogen and oxygen atoms in total. The standard InChI is InChI=1S/C20H24FN3O3S/c1-5-10-24(20(25)22-4)19-9-8-17(11-15(19)3)23-28(26,27)13-16-7-6-14(2)18(21)12-16/h6-9,11-12,23H,4-5,10,13H2,1-3H3. The summed E-state index contributed by atoms with van der Waals surface area (Å²) >= 11 is 0. The van der Waals surface area contributed by atoms with Gasteiger partial charge in [-0.2, -0.15) is 0 Å². The predicted octanol–water partition coefficient (Wildman–Crippen LogP) is 4.42. The maximum atomic E-state index is 13.7. The zero-order valence-corrected chi connectivity index (χ0v) is 17.0. The van der Waals surface area contributed by atoms with Gasteiger partial charge in [0, 0.05) is 17.9 Å². The normalized spacial score (nSPS) is 11.1. The molecule has 0 unspecified atom stereocenters. The molecule has 2 aromatic carbocycles. The van der Waals surface area contributed by atoms with E-state index in [2.05, 4.69) is 16.4 Å². The third kappa shape index (κ3) is 5.39. The van der Waals surface area contributed by atoms with E-state index in [0.717, 1.165) is 6.42 Å². The van der Waals surface area contributed by atoms with Crippen LogP contribution in [0.3, 0.4) is 0 Å². The first-order chi connectivity index (χ1) is 13.2. The lowest BCUT2D eigenvalue weighted by atomic mass is 10.1. The van der Waals surface area contributed by atoms with Crippen molar-refractivity contribution in [2.75, 3.05) is 16.2 Å². The Labute approximate surface area is 165 Å². The highest BCUT2D eigenvalue weighted by Gasteiger charge is 2.17. The van der Waals surface area contributed by atoms with Gasteiger partial charge >= 0.3 is 6.03 Å². The molecular weight excluding hydrogens is 381 g/mol. The lowest BCUT2D eigenvalue weighted by Gasteiger charge is -2.22. The quantitative estimate of drug-likeness (QED) is 0.693. The number of carbonyl (C=O) groups is 1. The molecule has 1 N–H and O–H groups in total. The Morgan fingerprint density at radius 1 is 1.18 bits per heavy atom. The van der Waals surface area contributed by atoms with Crippen LogP contribution in [0.25, 0.3) is 0 Å². The number of anilines is 2. The average molecular weight is 405 g/mol. The van der Waals surface area contributed by atoms with Crippen molar-refractivity contribution < 1.29 is 17.6 Å². The number of hydrogen-bond donors (Lipinski definition) is 1. The summed E-state index contributed by atoms with van der Waals surface area (Å²) in [5.74, 6) is -0.782. The molecule has 150 valence electrons. The fourth-order valence-corrected chi connectivity index (χ4v) is 3.99. The molecule has 0 atom stereocenters. The first kappa shape index (κ1) is 21.6. The first-order valence-electron chi connectivity index (χ1n) is 8.81. The smallest absolute Gasteiger partial charge is 0.292 e. The van der Waals surface area contributed by atoms with E-state index in [9.17, 15) is 17.6 Å². The Morgan fingerprint density at radius 3 is 2.46 bits per heavy atom. The van der Waals surface area contributed by atoms with Gasteiger partial charge in [0.2, 0.25) is 10.0 Å². The fourth-order valence-electron chi connectivity index (χ4n) is 2.81. The Hall–Kier alpha value is -2.74. The minimum atomic E-state index is -3.72. The molecule has 28 heavy (non-hydrogen) atoms. The monoisotopic (exact) mass is 405 g/mol. The molecular formula is C20H24FN3O3S. The summed E-state index contributed by atoms with van der Waals surface area (Å²) in [5.41, 5.74) is 2.54. The van der Waals surface area contributed by atoms with E-state index >= 15 is 0 Å². The molecule has 0 bridgehead atoms. The van der Waals surface area contributed by atoms with E-state index < -0.39 is 21.9 Å². The van der Waals surface area contributed by atoms with Crippen molar-refractivity contribution in [2.45, 2.75) is 32.9 Å². The molecule has 0 saturated heterocycles. The van der Waals surface area contributed by atoms with Crippen LogP contribution in [0, 0.1) is 19.7 Å². The largest absolute Gasteiger partial charge is 0.347 e. The molecule has 2 amide bonds. The van der Waals surface area contributed by atoms with Crippen LogP contribution in [0.15, 0.2) is 41.4 Å². The molecule has 2 aromatic rings. The summed E-state index contributed by atoms with van der Waals surface area (Å²) in [6, 6.07) is 8.78. The van der Waals surface area contributed by atoms with Gasteiger partial charge < -0.3 is 0 Å². The van der Waals surface area contributed by atoms with Crippen molar-refractivity contribution >= 4 is 34.1 Å². The highest BCUT2D eigenvalue weighted by Crippen LogP contribution is 2.25. The number of sulfonamides is 1. The summed E-state index contributed by atoms with van der Waals surface area (Å²) in [6.07, 6.45) is 0.738. The molecule has 2 rings (SSSR count). The maximum absolute atomic E-state index is 13.7. The molecule has 0 saturated carbocycles. The predicted molar refractivity (Wildman–Crippen MR) is 111 cm³/mol. The van der Waals surface area contributed by atoms with Crippen LogP contribution in [-0.2, 0) is 15.8 Å². The number of aryl methyl sites for hydroxylation is 2. The number of halogens is 1. The van der Waals surface area contributed by atoms with E-state index in [1.165, 1.54) is 11.0 Å². The van der Waals surface area contributed by atoms with Gasteiger partial charge in [-0.05, 0) is 67.9 Å². The number of aliphatic imine (C=N–C) groups is 1. The second-order valence-corrected chi connectivity index (χ2v) is 8.26. The topological polar surface area (TPSA) is 78.8 Å². The number of nitrogens with zero attached hydrogens (tertiary/aromatic N) is 2. The summed E-state index contributed by atoms with van der Waals surface area (Å²) in [5, 5.41) is 0. The third-order valence-corrected chi connectivity index (χ3v) is 5.43. The van der Waals surface area contributed by atoms with Gasteiger partial charge in [0.05, 0.1) is 5.75 Å². The number of rotatable bonds is 7. The van der Waals surface area contributed by atoms with Crippen LogP contribution < -0.4 is 9.62 Å². The number of hydrogen-bond acceptors (Lipinski definition) is 3. The van der Waals surface area contributed by atoms with Gasteiger partial charge in [-0.15, -0.1) is 0 Å². The van der Waals surface area contributed by atoms with Gasteiger partial charge in [-0.25, -0.2) is 22.6 Å². The molecule has 0 spiro atoms. The Kier molecular flexibility index (Phi) is 6.90. The molecule has 0 aliphatic carbocycles. The number of amides is 2. The van der Waals surface area contributed by atoms with E-state index in [4.69, 9.17) is 0 Å². The zero-order chi connectivity index (χ0) is 20.9. The second kappa shape index (κ2) is 8.97. The minimum Gasteiger partial charge on any atom is -0.292 e. The van der Waals surface area contributed by atoms with Crippen LogP contribution in [0.2, 0.25) is 0 Å². The molecule has 0 heterocycles.